The first kappa shape index (κ1) is 14.4. The van der Waals surface area contributed by atoms with Gasteiger partial charge in [-0.15, -0.1) is 0 Å². The molecule has 0 aliphatic heterocycles. The molecule has 1 unspecified atom stereocenters. The number of rotatable bonds is 4. The summed E-state index contributed by atoms with van der Waals surface area (Å²) in [4.78, 5) is 0. The lowest BCUT2D eigenvalue weighted by Gasteiger charge is -2.35. The van der Waals surface area contributed by atoms with E-state index in [9.17, 15) is 0 Å². The molecule has 0 heterocycles. The van der Waals surface area contributed by atoms with Crippen LogP contribution in [-0.4, -0.2) is 0 Å². The Morgan fingerprint density at radius 2 is 1.16 bits per heavy atom. The first-order valence-electron chi connectivity index (χ1n) is 5.88. The van der Waals surface area contributed by atoms with E-state index in [1.807, 2.05) is 60.7 Å². The largest absolute Gasteiger partial charge is 0.301 e. The molecule has 2 aromatic rings. The van der Waals surface area contributed by atoms with Crippen molar-refractivity contribution in [1.82, 2.24) is 5.32 Å². The van der Waals surface area contributed by atoms with E-state index < -0.39 is 9.46 Å². The molecule has 7 N–H and O–H groups in total. The third-order valence-corrected chi connectivity index (χ3v) is 3.73. The van der Waals surface area contributed by atoms with Crippen LogP contribution in [0.1, 0.15) is 11.1 Å². The predicted molar refractivity (Wildman–Crippen MR) is 86.0 cm³/mol. The Bertz CT molecular complexity index is 476. The average molecular weight is 368 g/mol. The van der Waals surface area contributed by atoms with Crippen LogP contribution < -0.4 is 22.5 Å². The molecule has 1 atom stereocenters. The Labute approximate surface area is 126 Å². The Morgan fingerprint density at radius 1 is 0.737 bits per heavy atom. The number of halogens is 1. The van der Waals surface area contributed by atoms with Gasteiger partial charge in [0.15, 0.2) is 0 Å². The van der Waals surface area contributed by atoms with E-state index in [0.717, 1.165) is 11.1 Å². The van der Waals surface area contributed by atoms with E-state index >= 15 is 0 Å². The summed E-state index contributed by atoms with van der Waals surface area (Å²) in [5.41, 5.74) is 20.2. The maximum absolute atomic E-state index is 6.28. The van der Waals surface area contributed by atoms with Crippen molar-refractivity contribution in [2.75, 3.05) is 0 Å². The van der Waals surface area contributed by atoms with Gasteiger partial charge in [-0.2, -0.15) is 0 Å². The zero-order valence-corrected chi connectivity index (χ0v) is 12.5. The maximum Gasteiger partial charge on any atom is 0.148 e. The highest BCUT2D eigenvalue weighted by molar-refractivity contribution is 14.1. The smallest absolute Gasteiger partial charge is 0.148 e. The Kier molecular flexibility index (Phi) is 4.22. The van der Waals surface area contributed by atoms with Gasteiger partial charge in [-0.25, -0.2) is 0 Å². The number of alkyl halides is 1. The molecular weight excluding hydrogens is 351 g/mol. The quantitative estimate of drug-likeness (QED) is 0.285. The van der Waals surface area contributed by atoms with Crippen LogP contribution in [-0.2, 0) is 9.46 Å². The highest BCUT2D eigenvalue weighted by Gasteiger charge is 2.33. The first-order chi connectivity index (χ1) is 8.92. The van der Waals surface area contributed by atoms with Gasteiger partial charge in [-0.1, -0.05) is 60.7 Å². The fourth-order valence-electron chi connectivity index (χ4n) is 1.84. The van der Waals surface area contributed by atoms with Gasteiger partial charge < -0.3 is 5.73 Å². The van der Waals surface area contributed by atoms with Gasteiger partial charge in [0.1, 0.15) is 9.46 Å². The minimum Gasteiger partial charge on any atom is -0.301 e. The van der Waals surface area contributed by atoms with E-state index in [2.05, 4.69) is 27.9 Å². The number of hydrogen-bond donors (Lipinski definition) is 4. The summed E-state index contributed by atoms with van der Waals surface area (Å²) < 4.78 is -0.849. The van der Waals surface area contributed by atoms with Crippen molar-refractivity contribution in [2.24, 2.45) is 17.2 Å². The van der Waals surface area contributed by atoms with Gasteiger partial charge in [0.2, 0.25) is 0 Å². The number of nitrogens with one attached hydrogen (secondary N) is 1. The first-order valence-corrected chi connectivity index (χ1v) is 6.96. The van der Waals surface area contributed by atoms with Crippen LogP contribution in [0, 0.1) is 0 Å². The van der Waals surface area contributed by atoms with Crippen molar-refractivity contribution in [3.63, 3.8) is 0 Å². The summed E-state index contributed by atoms with van der Waals surface area (Å²) >= 11 is 2.10. The van der Waals surface area contributed by atoms with Crippen LogP contribution in [0.25, 0.3) is 0 Å². The summed E-state index contributed by atoms with van der Waals surface area (Å²) in [6, 6.07) is 19.1. The second-order valence-electron chi connectivity index (χ2n) is 4.44. The fraction of sp³-hybridized carbons (Fsp3) is 0.143. The van der Waals surface area contributed by atoms with E-state index in [4.69, 9.17) is 17.2 Å². The lowest BCUT2D eigenvalue weighted by atomic mass is 10.1. The average Bonchev–Trinajstić information content (AvgIpc) is 2.40. The molecule has 19 heavy (non-hydrogen) atoms. The topological polar surface area (TPSA) is 90.1 Å². The zero-order chi connectivity index (χ0) is 13.9. The summed E-state index contributed by atoms with van der Waals surface area (Å²) in [7, 11) is 0. The molecule has 2 aromatic carbocycles. The Morgan fingerprint density at radius 3 is 1.63 bits per heavy atom. The lowest BCUT2D eigenvalue weighted by Crippen LogP contribution is -2.65. The van der Waals surface area contributed by atoms with Gasteiger partial charge in [-0.05, 0) is 28.2 Å². The molecule has 100 valence electrons. The molecule has 0 aliphatic carbocycles. The van der Waals surface area contributed by atoms with Gasteiger partial charge in [0, 0.05) is 5.56 Å². The zero-order valence-electron chi connectivity index (χ0n) is 10.4. The molecule has 0 bridgehead atoms. The maximum atomic E-state index is 6.28. The van der Waals surface area contributed by atoms with Gasteiger partial charge >= 0.3 is 0 Å². The third-order valence-electron chi connectivity index (χ3n) is 2.83. The molecule has 0 saturated carbocycles. The minimum atomic E-state index is -1.20. The molecule has 2 rings (SSSR count). The van der Waals surface area contributed by atoms with Crippen LogP contribution in [0.4, 0.5) is 0 Å². The van der Waals surface area contributed by atoms with E-state index in [-0.39, 0.29) is 0 Å². The predicted octanol–water partition coefficient (Wildman–Crippen LogP) is 1.51. The number of nitrogens with two attached hydrogens (primary N) is 3. The van der Waals surface area contributed by atoms with Gasteiger partial charge in [-0.3, -0.25) is 16.8 Å². The monoisotopic (exact) mass is 368 g/mol. The van der Waals surface area contributed by atoms with E-state index in [1.54, 1.807) is 0 Å². The second-order valence-corrected chi connectivity index (χ2v) is 6.14. The molecule has 0 amide bonds. The number of hydrogen-bond acceptors (Lipinski definition) is 4. The molecular formula is C14H17IN4. The van der Waals surface area contributed by atoms with Gasteiger partial charge in [0.05, 0.1) is 0 Å². The van der Waals surface area contributed by atoms with Crippen LogP contribution in [0.3, 0.4) is 0 Å². The van der Waals surface area contributed by atoms with Crippen molar-refractivity contribution in [3.8, 4) is 0 Å². The molecule has 0 aliphatic rings. The molecule has 0 aromatic heterocycles. The fourth-order valence-corrected chi connectivity index (χ4v) is 2.65. The molecule has 0 spiro atoms. The molecule has 4 nitrogen and oxygen atoms in total. The van der Waals surface area contributed by atoms with Crippen molar-refractivity contribution in [3.05, 3.63) is 71.8 Å². The summed E-state index contributed by atoms with van der Waals surface area (Å²) in [5, 5.41) is 3.09. The highest BCUT2D eigenvalue weighted by Crippen LogP contribution is 2.25. The van der Waals surface area contributed by atoms with Crippen LogP contribution in [0.2, 0.25) is 0 Å². The normalized spacial score (nSPS) is 14.9. The van der Waals surface area contributed by atoms with Crippen molar-refractivity contribution in [2.45, 2.75) is 9.46 Å². The summed E-state index contributed by atoms with van der Waals surface area (Å²) in [6.45, 7) is 0. The van der Waals surface area contributed by atoms with Gasteiger partial charge in [0.25, 0.3) is 0 Å². The SMILES string of the molecule is NC(N)(NC(N)(I)c1ccccc1)c1ccccc1. The van der Waals surface area contributed by atoms with E-state index in [1.165, 1.54) is 0 Å². The molecule has 5 heteroatoms. The summed E-state index contributed by atoms with van der Waals surface area (Å²) in [5.74, 6) is -1.20. The van der Waals surface area contributed by atoms with Crippen LogP contribution >= 0.6 is 22.6 Å². The van der Waals surface area contributed by atoms with Crippen LogP contribution in [0.5, 0.6) is 0 Å². The highest BCUT2D eigenvalue weighted by atomic mass is 127. The second kappa shape index (κ2) is 5.56. The lowest BCUT2D eigenvalue weighted by molar-refractivity contribution is 0.301. The Balaban J connectivity index is 2.25. The molecule has 0 fully saturated rings. The Hall–Kier alpha value is -0.990. The van der Waals surface area contributed by atoms with Crippen molar-refractivity contribution < 1.29 is 0 Å². The van der Waals surface area contributed by atoms with Crippen LogP contribution in [0.15, 0.2) is 60.7 Å². The molecule has 0 radical (unpaired) electrons. The minimum absolute atomic E-state index is 0.775. The van der Waals surface area contributed by atoms with Crippen molar-refractivity contribution >= 4 is 22.6 Å². The van der Waals surface area contributed by atoms with E-state index in [0.29, 0.717) is 0 Å². The number of benzene rings is 2. The standard InChI is InChI=1S/C14H17IN4/c15-13(16,11-7-3-1-4-8-11)19-14(17,18)12-9-5-2-6-10-12/h1-10,19H,16-18H2. The summed E-state index contributed by atoms with van der Waals surface area (Å²) in [6.07, 6.45) is 0. The molecule has 0 saturated heterocycles. The third kappa shape index (κ3) is 3.52. The van der Waals surface area contributed by atoms with Crippen molar-refractivity contribution in [1.29, 1.82) is 0 Å².